The Balaban J connectivity index is 2.65. The molecule has 0 N–H and O–H groups in total. The predicted molar refractivity (Wildman–Crippen MR) is 59.1 cm³/mol. The van der Waals surface area contributed by atoms with E-state index in [0.29, 0.717) is 23.9 Å². The number of piperidine rings is 1. The summed E-state index contributed by atoms with van der Waals surface area (Å²) in [6.07, 6.45) is 4.19. The molecule has 0 aromatic rings. The van der Waals surface area contributed by atoms with E-state index in [1.54, 1.807) is 0 Å². The van der Waals surface area contributed by atoms with E-state index < -0.39 is 0 Å². The van der Waals surface area contributed by atoms with E-state index in [1.807, 2.05) is 0 Å². The normalized spacial score (nSPS) is 23.7. The second-order valence-electron chi connectivity index (χ2n) is 5.07. The summed E-state index contributed by atoms with van der Waals surface area (Å²) in [7, 11) is 0. The fourth-order valence-corrected chi connectivity index (χ4v) is 2.45. The zero-order valence-corrected chi connectivity index (χ0v) is 9.92. The van der Waals surface area contributed by atoms with Gasteiger partial charge >= 0.3 is 0 Å². The van der Waals surface area contributed by atoms with Crippen LogP contribution in [-0.4, -0.2) is 22.9 Å². The molecule has 1 atom stereocenters. The molecule has 0 aromatic heterocycles. The van der Waals surface area contributed by atoms with E-state index >= 15 is 0 Å². The van der Waals surface area contributed by atoms with Gasteiger partial charge in [0.05, 0.1) is 0 Å². The van der Waals surface area contributed by atoms with Gasteiger partial charge in [0.25, 0.3) is 0 Å². The fraction of sp³-hybridized carbons (Fsp3) is 0.917. The van der Waals surface area contributed by atoms with Crippen LogP contribution in [0.1, 0.15) is 53.4 Å². The molecule has 1 aliphatic rings. The molecule has 1 heterocycles. The molecule has 0 bridgehead atoms. The molecule has 1 rings (SSSR count). The van der Waals surface area contributed by atoms with Gasteiger partial charge in [0, 0.05) is 18.5 Å². The molecule has 14 heavy (non-hydrogen) atoms. The predicted octanol–water partition coefficient (Wildman–Crippen LogP) is 2.82. The van der Waals surface area contributed by atoms with Crippen LogP contribution in [-0.2, 0) is 4.79 Å². The fourth-order valence-electron chi connectivity index (χ4n) is 2.45. The Hall–Kier alpha value is -0.530. The highest BCUT2D eigenvalue weighted by atomic mass is 16.2. The van der Waals surface area contributed by atoms with Gasteiger partial charge in [-0.2, -0.15) is 0 Å². The van der Waals surface area contributed by atoms with E-state index in [9.17, 15) is 4.79 Å². The lowest BCUT2D eigenvalue weighted by molar-refractivity contribution is -0.139. The zero-order valence-electron chi connectivity index (χ0n) is 9.92. The molecule has 0 aliphatic carbocycles. The Morgan fingerprint density at radius 2 is 2.00 bits per heavy atom. The third-order valence-electron chi connectivity index (χ3n) is 2.91. The van der Waals surface area contributed by atoms with Gasteiger partial charge in [-0.15, -0.1) is 0 Å². The van der Waals surface area contributed by atoms with Gasteiger partial charge in [-0.05, 0) is 39.0 Å². The summed E-state index contributed by atoms with van der Waals surface area (Å²) in [5.74, 6) is 1.05. The lowest BCUT2D eigenvalue weighted by Gasteiger charge is -2.39. The van der Waals surface area contributed by atoms with Crippen molar-refractivity contribution in [3.63, 3.8) is 0 Å². The summed E-state index contributed by atoms with van der Waals surface area (Å²) in [5, 5.41) is 0. The van der Waals surface area contributed by atoms with Crippen molar-refractivity contribution in [2.45, 2.75) is 65.5 Å². The molecule has 1 fully saturated rings. The maximum absolute atomic E-state index is 11.8. The molecule has 82 valence electrons. The topological polar surface area (TPSA) is 20.3 Å². The molecule has 2 heteroatoms. The number of carbonyl (C=O) groups excluding carboxylic acids is 1. The van der Waals surface area contributed by atoms with Crippen LogP contribution in [0.5, 0.6) is 0 Å². The Bertz CT molecular complexity index is 198. The van der Waals surface area contributed by atoms with Gasteiger partial charge in [0.1, 0.15) is 0 Å². The molecule has 1 amide bonds. The number of hydrogen-bond donors (Lipinski definition) is 0. The number of hydrogen-bond acceptors (Lipinski definition) is 1. The lowest BCUT2D eigenvalue weighted by atomic mass is 9.92. The molecule has 2 nitrogen and oxygen atoms in total. The minimum Gasteiger partial charge on any atom is -0.337 e. The minimum atomic E-state index is 0.358. The van der Waals surface area contributed by atoms with E-state index in [2.05, 4.69) is 32.6 Å². The number of nitrogens with zero attached hydrogens (tertiary/aromatic N) is 1. The average Bonchev–Trinajstić information content (AvgIpc) is 2.01. The highest BCUT2D eigenvalue weighted by Crippen LogP contribution is 2.25. The molecule has 0 spiro atoms. The first-order chi connectivity index (χ1) is 6.52. The van der Waals surface area contributed by atoms with Crippen molar-refractivity contribution in [2.24, 2.45) is 5.92 Å². The van der Waals surface area contributed by atoms with Crippen molar-refractivity contribution in [1.29, 1.82) is 0 Å². The molecule has 0 saturated carbocycles. The van der Waals surface area contributed by atoms with E-state index in [-0.39, 0.29) is 0 Å². The van der Waals surface area contributed by atoms with E-state index in [0.717, 1.165) is 19.3 Å². The first-order valence-electron chi connectivity index (χ1n) is 5.83. The maximum Gasteiger partial charge on any atom is 0.223 e. The highest BCUT2D eigenvalue weighted by Gasteiger charge is 2.29. The van der Waals surface area contributed by atoms with Crippen LogP contribution < -0.4 is 0 Å². The standard InChI is InChI=1S/C12H23NO/c1-9(2)8-11-6-5-7-12(14)13(11)10(3)4/h9-11H,5-8H2,1-4H3. The second kappa shape index (κ2) is 4.81. The smallest absolute Gasteiger partial charge is 0.223 e. The number of likely N-dealkylation sites (tertiary alicyclic amines) is 1. The Morgan fingerprint density at radius 1 is 1.36 bits per heavy atom. The van der Waals surface area contributed by atoms with Crippen molar-refractivity contribution in [2.75, 3.05) is 0 Å². The third-order valence-corrected chi connectivity index (χ3v) is 2.91. The summed E-state index contributed by atoms with van der Waals surface area (Å²) in [5.41, 5.74) is 0. The SMILES string of the molecule is CC(C)CC1CCCC(=O)N1C(C)C. The lowest BCUT2D eigenvalue weighted by Crippen LogP contribution is -2.48. The van der Waals surface area contributed by atoms with E-state index in [4.69, 9.17) is 0 Å². The van der Waals surface area contributed by atoms with Crippen LogP contribution in [0.2, 0.25) is 0 Å². The molecule has 0 aromatic carbocycles. The molecule has 1 saturated heterocycles. The minimum absolute atomic E-state index is 0.358. The number of amides is 1. The van der Waals surface area contributed by atoms with Crippen molar-refractivity contribution in [1.82, 2.24) is 4.90 Å². The Morgan fingerprint density at radius 3 is 2.50 bits per heavy atom. The van der Waals surface area contributed by atoms with Crippen LogP contribution in [0.4, 0.5) is 0 Å². The molecular formula is C12H23NO. The molecule has 1 unspecified atom stereocenters. The van der Waals surface area contributed by atoms with Gasteiger partial charge in [0.2, 0.25) is 5.91 Å². The van der Waals surface area contributed by atoms with Gasteiger partial charge in [0.15, 0.2) is 0 Å². The van der Waals surface area contributed by atoms with Gasteiger partial charge in [-0.1, -0.05) is 13.8 Å². The summed E-state index contributed by atoms with van der Waals surface area (Å²) in [6.45, 7) is 8.71. The molecule has 1 aliphatic heterocycles. The summed E-state index contributed by atoms with van der Waals surface area (Å²) < 4.78 is 0. The van der Waals surface area contributed by atoms with Gasteiger partial charge < -0.3 is 4.90 Å². The van der Waals surface area contributed by atoms with Crippen molar-refractivity contribution in [3.05, 3.63) is 0 Å². The van der Waals surface area contributed by atoms with Crippen molar-refractivity contribution < 1.29 is 4.79 Å². The molecule has 0 radical (unpaired) electrons. The van der Waals surface area contributed by atoms with Gasteiger partial charge in [-0.25, -0.2) is 0 Å². The van der Waals surface area contributed by atoms with Crippen LogP contribution in [0.15, 0.2) is 0 Å². The average molecular weight is 197 g/mol. The quantitative estimate of drug-likeness (QED) is 0.681. The summed E-state index contributed by atoms with van der Waals surface area (Å²) in [4.78, 5) is 13.9. The van der Waals surface area contributed by atoms with E-state index in [1.165, 1.54) is 6.42 Å². The number of carbonyl (C=O) groups is 1. The van der Waals surface area contributed by atoms with Crippen LogP contribution in [0.25, 0.3) is 0 Å². The number of rotatable bonds is 3. The Labute approximate surface area is 87.7 Å². The monoisotopic (exact) mass is 197 g/mol. The largest absolute Gasteiger partial charge is 0.337 e. The van der Waals surface area contributed by atoms with Crippen molar-refractivity contribution in [3.8, 4) is 0 Å². The summed E-state index contributed by atoms with van der Waals surface area (Å²) >= 11 is 0. The second-order valence-corrected chi connectivity index (χ2v) is 5.07. The molecular weight excluding hydrogens is 174 g/mol. The van der Waals surface area contributed by atoms with Crippen LogP contribution >= 0.6 is 0 Å². The maximum atomic E-state index is 11.8. The first kappa shape index (κ1) is 11.5. The van der Waals surface area contributed by atoms with Crippen LogP contribution in [0.3, 0.4) is 0 Å². The zero-order chi connectivity index (χ0) is 10.7. The van der Waals surface area contributed by atoms with Gasteiger partial charge in [-0.3, -0.25) is 4.79 Å². The van der Waals surface area contributed by atoms with Crippen molar-refractivity contribution >= 4 is 5.91 Å². The van der Waals surface area contributed by atoms with Crippen LogP contribution in [0, 0.1) is 5.92 Å². The third kappa shape index (κ3) is 2.73. The first-order valence-corrected chi connectivity index (χ1v) is 5.83. The highest BCUT2D eigenvalue weighted by molar-refractivity contribution is 5.77. The Kier molecular flexibility index (Phi) is 3.97. The summed E-state index contributed by atoms with van der Waals surface area (Å²) in [6, 6.07) is 0.864.